The molecular weight excluding hydrogens is 262 g/mol. The Bertz CT molecular complexity index is 610. The Labute approximate surface area is 116 Å². The maximum Gasteiger partial charge on any atom is 0.251 e. The minimum Gasteiger partial charge on any atom is -0.311 e. The average Bonchev–Trinajstić information content (AvgIpc) is 2.38. The number of H-pyrrole nitrogens is 1. The molecule has 0 fully saturated rings. The van der Waals surface area contributed by atoms with Gasteiger partial charge in [0.15, 0.2) is 0 Å². The standard InChI is InChI=1S/C14H16ClN3O/c1-2-16-9-11-8-14(19)18-13(17-11)7-10-5-3-4-6-12(10)15/h3-6,8,16H,2,7,9H2,1H3,(H,17,18,19). The van der Waals surface area contributed by atoms with Crippen molar-refractivity contribution in [3.05, 3.63) is 62.8 Å². The summed E-state index contributed by atoms with van der Waals surface area (Å²) in [4.78, 5) is 18.8. The van der Waals surface area contributed by atoms with E-state index in [1.165, 1.54) is 6.07 Å². The van der Waals surface area contributed by atoms with Gasteiger partial charge in [-0.2, -0.15) is 0 Å². The summed E-state index contributed by atoms with van der Waals surface area (Å²) in [6.07, 6.45) is 0.523. The predicted octanol–water partition coefficient (Wildman–Crippen LogP) is 2.12. The summed E-state index contributed by atoms with van der Waals surface area (Å²) in [6.45, 7) is 3.45. The van der Waals surface area contributed by atoms with E-state index in [-0.39, 0.29) is 5.56 Å². The van der Waals surface area contributed by atoms with Gasteiger partial charge in [-0.3, -0.25) is 4.79 Å². The second-order valence-corrected chi connectivity index (χ2v) is 4.64. The molecule has 1 heterocycles. The summed E-state index contributed by atoms with van der Waals surface area (Å²) in [5.74, 6) is 0.633. The fourth-order valence-corrected chi connectivity index (χ4v) is 2.02. The van der Waals surface area contributed by atoms with Crippen LogP contribution < -0.4 is 10.9 Å². The van der Waals surface area contributed by atoms with Crippen molar-refractivity contribution in [2.45, 2.75) is 19.9 Å². The van der Waals surface area contributed by atoms with Crippen LogP contribution in [0.3, 0.4) is 0 Å². The van der Waals surface area contributed by atoms with Gasteiger partial charge in [0.25, 0.3) is 5.56 Å². The molecule has 0 atom stereocenters. The van der Waals surface area contributed by atoms with Gasteiger partial charge in [-0.1, -0.05) is 36.7 Å². The number of nitrogens with one attached hydrogen (secondary N) is 2. The Balaban J connectivity index is 2.23. The Kier molecular flexibility index (Phi) is 4.71. The highest BCUT2D eigenvalue weighted by Crippen LogP contribution is 2.16. The van der Waals surface area contributed by atoms with Crippen LogP contribution in [0.2, 0.25) is 5.02 Å². The molecule has 4 nitrogen and oxygen atoms in total. The molecule has 1 aromatic heterocycles. The van der Waals surface area contributed by atoms with E-state index in [0.29, 0.717) is 23.8 Å². The number of hydrogen-bond acceptors (Lipinski definition) is 3. The first-order chi connectivity index (χ1) is 9.19. The highest BCUT2D eigenvalue weighted by atomic mass is 35.5. The van der Waals surface area contributed by atoms with Crippen LogP contribution in [-0.4, -0.2) is 16.5 Å². The molecule has 1 aromatic carbocycles. The number of aromatic nitrogens is 2. The van der Waals surface area contributed by atoms with E-state index in [9.17, 15) is 4.79 Å². The summed E-state index contributed by atoms with van der Waals surface area (Å²) in [6, 6.07) is 9.07. The minimum atomic E-state index is -0.134. The lowest BCUT2D eigenvalue weighted by Gasteiger charge is -2.06. The van der Waals surface area contributed by atoms with Gasteiger partial charge in [0.05, 0.1) is 5.69 Å². The molecule has 5 heteroatoms. The molecule has 0 radical (unpaired) electrons. The Morgan fingerprint density at radius 1 is 1.37 bits per heavy atom. The van der Waals surface area contributed by atoms with Gasteiger partial charge in [0.2, 0.25) is 0 Å². The third kappa shape index (κ3) is 3.91. The van der Waals surface area contributed by atoms with Crippen LogP contribution in [-0.2, 0) is 13.0 Å². The first-order valence-electron chi connectivity index (χ1n) is 6.22. The van der Waals surface area contributed by atoms with E-state index in [1.54, 1.807) is 0 Å². The van der Waals surface area contributed by atoms with E-state index in [4.69, 9.17) is 11.6 Å². The zero-order valence-corrected chi connectivity index (χ0v) is 11.5. The molecule has 2 N–H and O–H groups in total. The lowest BCUT2D eigenvalue weighted by molar-refractivity contribution is 0.700. The molecule has 0 unspecified atom stereocenters. The van der Waals surface area contributed by atoms with Crippen molar-refractivity contribution in [1.29, 1.82) is 0 Å². The van der Waals surface area contributed by atoms with Crippen LogP contribution in [0.4, 0.5) is 0 Å². The van der Waals surface area contributed by atoms with Crippen molar-refractivity contribution < 1.29 is 0 Å². The SMILES string of the molecule is CCNCc1cc(=O)[nH]c(Cc2ccccc2Cl)n1. The fourth-order valence-electron chi connectivity index (χ4n) is 1.81. The quantitative estimate of drug-likeness (QED) is 0.880. The van der Waals surface area contributed by atoms with E-state index in [2.05, 4.69) is 15.3 Å². The van der Waals surface area contributed by atoms with E-state index in [0.717, 1.165) is 17.8 Å². The van der Waals surface area contributed by atoms with Gasteiger partial charge in [0.1, 0.15) is 5.82 Å². The van der Waals surface area contributed by atoms with Gasteiger partial charge in [-0.15, -0.1) is 0 Å². The van der Waals surface area contributed by atoms with Crippen molar-refractivity contribution in [1.82, 2.24) is 15.3 Å². The van der Waals surface area contributed by atoms with E-state index in [1.807, 2.05) is 31.2 Å². The highest BCUT2D eigenvalue weighted by molar-refractivity contribution is 6.31. The molecule has 2 aromatic rings. The average molecular weight is 278 g/mol. The van der Waals surface area contributed by atoms with Crippen LogP contribution in [0.25, 0.3) is 0 Å². The molecule has 0 bridgehead atoms. The number of aromatic amines is 1. The molecule has 100 valence electrons. The molecule has 0 aliphatic rings. The smallest absolute Gasteiger partial charge is 0.251 e. The molecule has 0 saturated carbocycles. The molecule has 2 rings (SSSR count). The first kappa shape index (κ1) is 13.8. The fraction of sp³-hybridized carbons (Fsp3) is 0.286. The Hall–Kier alpha value is -1.65. The maximum atomic E-state index is 11.6. The summed E-state index contributed by atoms with van der Waals surface area (Å²) < 4.78 is 0. The van der Waals surface area contributed by atoms with Crippen molar-refractivity contribution in [2.24, 2.45) is 0 Å². The molecule has 0 amide bonds. The van der Waals surface area contributed by atoms with Gasteiger partial charge >= 0.3 is 0 Å². The predicted molar refractivity (Wildman–Crippen MR) is 76.5 cm³/mol. The number of benzene rings is 1. The lowest BCUT2D eigenvalue weighted by atomic mass is 10.1. The van der Waals surface area contributed by atoms with Crippen molar-refractivity contribution in [2.75, 3.05) is 6.54 Å². The lowest BCUT2D eigenvalue weighted by Crippen LogP contribution is -2.18. The van der Waals surface area contributed by atoms with Crippen LogP contribution >= 0.6 is 11.6 Å². The van der Waals surface area contributed by atoms with Crippen molar-refractivity contribution in [3.63, 3.8) is 0 Å². The van der Waals surface area contributed by atoms with Crippen LogP contribution in [0.15, 0.2) is 35.1 Å². The van der Waals surface area contributed by atoms with E-state index >= 15 is 0 Å². The summed E-state index contributed by atoms with van der Waals surface area (Å²) in [5, 5.41) is 3.84. The first-order valence-corrected chi connectivity index (χ1v) is 6.60. The van der Waals surface area contributed by atoms with Gasteiger partial charge in [-0.05, 0) is 18.2 Å². The van der Waals surface area contributed by atoms with Gasteiger partial charge in [0, 0.05) is 24.1 Å². The number of halogens is 1. The number of rotatable bonds is 5. The normalized spacial score (nSPS) is 10.6. The zero-order chi connectivity index (χ0) is 13.7. The summed E-state index contributed by atoms with van der Waals surface area (Å²) >= 11 is 6.11. The maximum absolute atomic E-state index is 11.6. The number of hydrogen-bond donors (Lipinski definition) is 2. The molecule has 0 spiro atoms. The highest BCUT2D eigenvalue weighted by Gasteiger charge is 2.05. The largest absolute Gasteiger partial charge is 0.311 e. The minimum absolute atomic E-state index is 0.134. The molecule has 0 aliphatic carbocycles. The molecule has 0 aliphatic heterocycles. The van der Waals surface area contributed by atoms with Crippen LogP contribution in [0.5, 0.6) is 0 Å². The van der Waals surface area contributed by atoms with Gasteiger partial charge in [-0.25, -0.2) is 4.98 Å². The Morgan fingerprint density at radius 2 is 2.16 bits per heavy atom. The molecular formula is C14H16ClN3O. The topological polar surface area (TPSA) is 57.8 Å². The molecule has 19 heavy (non-hydrogen) atoms. The summed E-state index contributed by atoms with van der Waals surface area (Å²) in [5.41, 5.74) is 1.56. The monoisotopic (exact) mass is 277 g/mol. The van der Waals surface area contributed by atoms with Gasteiger partial charge < -0.3 is 10.3 Å². The number of nitrogens with zero attached hydrogens (tertiary/aromatic N) is 1. The zero-order valence-electron chi connectivity index (χ0n) is 10.7. The van der Waals surface area contributed by atoms with Crippen LogP contribution in [0.1, 0.15) is 24.0 Å². The molecule has 0 saturated heterocycles. The van der Waals surface area contributed by atoms with Crippen molar-refractivity contribution >= 4 is 11.6 Å². The van der Waals surface area contributed by atoms with E-state index < -0.39 is 0 Å². The third-order valence-corrected chi connectivity index (χ3v) is 3.08. The second-order valence-electron chi connectivity index (χ2n) is 4.23. The third-order valence-electron chi connectivity index (χ3n) is 2.72. The summed E-state index contributed by atoms with van der Waals surface area (Å²) in [7, 11) is 0. The Morgan fingerprint density at radius 3 is 2.89 bits per heavy atom. The second kappa shape index (κ2) is 6.50. The van der Waals surface area contributed by atoms with Crippen LogP contribution in [0, 0.1) is 0 Å². The van der Waals surface area contributed by atoms with Crippen molar-refractivity contribution in [3.8, 4) is 0 Å².